The Morgan fingerprint density at radius 1 is 1.20 bits per heavy atom. The van der Waals surface area contributed by atoms with Gasteiger partial charge in [0.1, 0.15) is 0 Å². The molecular formula is C18H30N2. The van der Waals surface area contributed by atoms with Crippen LogP contribution in [0.3, 0.4) is 0 Å². The molecule has 0 amide bonds. The van der Waals surface area contributed by atoms with E-state index in [0.717, 1.165) is 13.1 Å². The molecule has 0 aliphatic heterocycles. The molecule has 1 saturated carbocycles. The lowest BCUT2D eigenvalue weighted by atomic mass is 9.67. The quantitative estimate of drug-likeness (QED) is 0.906. The minimum absolute atomic E-state index is 0.171. The summed E-state index contributed by atoms with van der Waals surface area (Å²) in [6.07, 6.45) is 5.06. The van der Waals surface area contributed by atoms with Crippen LogP contribution in [-0.4, -0.2) is 24.0 Å². The monoisotopic (exact) mass is 274 g/mol. The first-order valence-electron chi connectivity index (χ1n) is 7.84. The van der Waals surface area contributed by atoms with Crippen molar-refractivity contribution >= 4 is 0 Å². The van der Waals surface area contributed by atoms with Crippen molar-refractivity contribution in [3.63, 3.8) is 0 Å². The standard InChI is InChI=1S/C18H30N2/c1-15-8-5-6-9-16(15)12-20(4)18(14-19)11-7-10-17(2,3)13-18/h5-6,8-9H,7,10-14,19H2,1-4H3. The van der Waals surface area contributed by atoms with Crippen LogP contribution in [-0.2, 0) is 6.54 Å². The molecule has 1 aliphatic carbocycles. The molecule has 1 aromatic carbocycles. The van der Waals surface area contributed by atoms with Gasteiger partial charge in [-0.05, 0) is 49.8 Å². The molecule has 2 N–H and O–H groups in total. The maximum absolute atomic E-state index is 6.21. The van der Waals surface area contributed by atoms with Crippen LogP contribution < -0.4 is 5.73 Å². The second-order valence-electron chi connectivity index (χ2n) is 7.41. The number of nitrogens with two attached hydrogens (primary N) is 1. The summed E-state index contributed by atoms with van der Waals surface area (Å²) in [5, 5.41) is 0. The molecule has 0 spiro atoms. The van der Waals surface area contributed by atoms with Crippen molar-refractivity contribution in [3.8, 4) is 0 Å². The van der Waals surface area contributed by atoms with Crippen LogP contribution in [0.1, 0.15) is 50.7 Å². The number of hydrogen-bond donors (Lipinski definition) is 1. The highest BCUT2D eigenvalue weighted by Gasteiger charge is 2.41. The summed E-state index contributed by atoms with van der Waals surface area (Å²) in [7, 11) is 2.25. The zero-order valence-electron chi connectivity index (χ0n) is 13.6. The third-order valence-corrected chi connectivity index (χ3v) is 5.16. The molecule has 0 bridgehead atoms. The van der Waals surface area contributed by atoms with Crippen molar-refractivity contribution in [2.45, 2.75) is 58.5 Å². The van der Waals surface area contributed by atoms with E-state index >= 15 is 0 Å². The fourth-order valence-corrected chi connectivity index (χ4v) is 3.83. The van der Waals surface area contributed by atoms with Gasteiger partial charge in [0.25, 0.3) is 0 Å². The van der Waals surface area contributed by atoms with Crippen LogP contribution in [0.4, 0.5) is 0 Å². The molecule has 2 rings (SSSR count). The first-order chi connectivity index (χ1) is 9.38. The lowest BCUT2D eigenvalue weighted by molar-refractivity contribution is 0.0222. The van der Waals surface area contributed by atoms with E-state index in [9.17, 15) is 0 Å². The van der Waals surface area contributed by atoms with Crippen molar-refractivity contribution in [3.05, 3.63) is 35.4 Å². The van der Waals surface area contributed by atoms with Gasteiger partial charge in [0.05, 0.1) is 0 Å². The van der Waals surface area contributed by atoms with E-state index < -0.39 is 0 Å². The van der Waals surface area contributed by atoms with Crippen LogP contribution in [0.15, 0.2) is 24.3 Å². The minimum Gasteiger partial charge on any atom is -0.329 e. The average Bonchev–Trinajstić information content (AvgIpc) is 2.40. The number of nitrogens with zero attached hydrogens (tertiary/aromatic N) is 1. The number of likely N-dealkylation sites (N-methyl/N-ethyl adjacent to an activating group) is 1. The van der Waals surface area contributed by atoms with E-state index in [1.807, 2.05) is 0 Å². The van der Waals surface area contributed by atoms with Crippen LogP contribution in [0.25, 0.3) is 0 Å². The first-order valence-corrected chi connectivity index (χ1v) is 7.84. The van der Waals surface area contributed by atoms with Gasteiger partial charge in [-0.3, -0.25) is 4.90 Å². The van der Waals surface area contributed by atoms with Gasteiger partial charge in [0, 0.05) is 18.6 Å². The molecule has 1 aliphatic rings. The van der Waals surface area contributed by atoms with Crippen LogP contribution in [0.5, 0.6) is 0 Å². The smallest absolute Gasteiger partial charge is 0.0337 e. The number of rotatable bonds is 4. The third-order valence-electron chi connectivity index (χ3n) is 5.16. The molecule has 0 radical (unpaired) electrons. The molecule has 0 saturated heterocycles. The molecule has 0 aromatic heterocycles. The summed E-state index contributed by atoms with van der Waals surface area (Å²) >= 11 is 0. The zero-order valence-corrected chi connectivity index (χ0v) is 13.6. The molecule has 20 heavy (non-hydrogen) atoms. The van der Waals surface area contributed by atoms with Gasteiger partial charge < -0.3 is 5.73 Å². The molecule has 112 valence electrons. The van der Waals surface area contributed by atoms with Crippen molar-refractivity contribution in [1.82, 2.24) is 4.90 Å². The first kappa shape index (κ1) is 15.5. The third kappa shape index (κ3) is 3.24. The van der Waals surface area contributed by atoms with Gasteiger partial charge in [-0.25, -0.2) is 0 Å². The Hall–Kier alpha value is -0.860. The van der Waals surface area contributed by atoms with Gasteiger partial charge in [-0.15, -0.1) is 0 Å². The van der Waals surface area contributed by atoms with Crippen molar-refractivity contribution in [2.24, 2.45) is 11.1 Å². The Morgan fingerprint density at radius 2 is 1.90 bits per heavy atom. The number of aryl methyl sites for hydroxylation is 1. The Morgan fingerprint density at radius 3 is 2.50 bits per heavy atom. The Balaban J connectivity index is 2.17. The van der Waals surface area contributed by atoms with Crippen LogP contribution >= 0.6 is 0 Å². The molecule has 1 atom stereocenters. The van der Waals surface area contributed by atoms with Crippen LogP contribution in [0, 0.1) is 12.3 Å². The summed E-state index contributed by atoms with van der Waals surface area (Å²) in [4.78, 5) is 2.51. The summed E-state index contributed by atoms with van der Waals surface area (Å²) < 4.78 is 0. The fraction of sp³-hybridized carbons (Fsp3) is 0.667. The normalized spacial score (nSPS) is 25.9. The van der Waals surface area contributed by atoms with Gasteiger partial charge in [-0.1, -0.05) is 44.5 Å². The molecule has 1 fully saturated rings. The Bertz CT molecular complexity index is 452. The van der Waals surface area contributed by atoms with Gasteiger partial charge in [-0.2, -0.15) is 0 Å². The molecule has 2 heteroatoms. The van der Waals surface area contributed by atoms with Crippen molar-refractivity contribution < 1.29 is 0 Å². The minimum atomic E-state index is 0.171. The summed E-state index contributed by atoms with van der Waals surface area (Å²) in [5.41, 5.74) is 9.59. The second-order valence-corrected chi connectivity index (χ2v) is 7.41. The topological polar surface area (TPSA) is 29.3 Å². The largest absolute Gasteiger partial charge is 0.329 e. The van der Waals surface area contributed by atoms with Crippen molar-refractivity contribution in [2.75, 3.05) is 13.6 Å². The van der Waals surface area contributed by atoms with E-state index in [1.54, 1.807) is 0 Å². The highest BCUT2D eigenvalue weighted by molar-refractivity contribution is 5.25. The predicted molar refractivity (Wildman–Crippen MR) is 86.7 cm³/mol. The van der Waals surface area contributed by atoms with E-state index in [4.69, 9.17) is 5.73 Å². The number of benzene rings is 1. The van der Waals surface area contributed by atoms with Gasteiger partial charge in [0.2, 0.25) is 0 Å². The highest BCUT2D eigenvalue weighted by Crippen LogP contribution is 2.43. The molecule has 1 aromatic rings. The Labute approximate surface area is 124 Å². The lowest BCUT2D eigenvalue weighted by Gasteiger charge is -2.50. The number of hydrogen-bond acceptors (Lipinski definition) is 2. The van der Waals surface area contributed by atoms with E-state index in [-0.39, 0.29) is 5.54 Å². The predicted octanol–water partition coefficient (Wildman–Crippen LogP) is 3.72. The van der Waals surface area contributed by atoms with E-state index in [2.05, 4.69) is 57.0 Å². The lowest BCUT2D eigenvalue weighted by Crippen LogP contribution is -2.55. The summed E-state index contributed by atoms with van der Waals surface area (Å²) in [6.45, 7) is 8.73. The fourth-order valence-electron chi connectivity index (χ4n) is 3.83. The van der Waals surface area contributed by atoms with E-state index in [1.165, 1.54) is 36.8 Å². The zero-order chi connectivity index (χ0) is 14.8. The summed E-state index contributed by atoms with van der Waals surface area (Å²) in [5.74, 6) is 0. The maximum Gasteiger partial charge on any atom is 0.0337 e. The summed E-state index contributed by atoms with van der Waals surface area (Å²) in [6, 6.07) is 8.68. The van der Waals surface area contributed by atoms with Crippen LogP contribution in [0.2, 0.25) is 0 Å². The second kappa shape index (κ2) is 5.87. The SMILES string of the molecule is Cc1ccccc1CN(C)C1(CN)CCCC(C)(C)C1. The van der Waals surface area contributed by atoms with Gasteiger partial charge in [0.15, 0.2) is 0 Å². The average molecular weight is 274 g/mol. The highest BCUT2D eigenvalue weighted by atomic mass is 15.2. The maximum atomic E-state index is 6.21. The van der Waals surface area contributed by atoms with Crippen molar-refractivity contribution in [1.29, 1.82) is 0 Å². The van der Waals surface area contributed by atoms with E-state index in [0.29, 0.717) is 5.41 Å². The molecule has 1 unspecified atom stereocenters. The molecular weight excluding hydrogens is 244 g/mol. The Kier molecular flexibility index (Phi) is 4.55. The van der Waals surface area contributed by atoms with Gasteiger partial charge >= 0.3 is 0 Å². The molecule has 0 heterocycles. The molecule has 2 nitrogen and oxygen atoms in total.